The minimum Gasteiger partial charge on any atom is -0.355 e. The van der Waals surface area contributed by atoms with Crippen LogP contribution in [-0.2, 0) is 23.6 Å². The smallest absolute Gasteiger partial charge is 0.208 e. The molecule has 9 heteroatoms. The first-order valence-corrected chi connectivity index (χ1v) is 8.52. The topological polar surface area (TPSA) is 100 Å². The Morgan fingerprint density at radius 1 is 1.29 bits per heavy atom. The largest absolute Gasteiger partial charge is 0.355 e. The van der Waals surface area contributed by atoms with E-state index in [1.54, 1.807) is 7.05 Å². The Bertz CT molecular complexity index is 606. The van der Waals surface area contributed by atoms with Crippen LogP contribution in [0.25, 0.3) is 0 Å². The van der Waals surface area contributed by atoms with Gasteiger partial charge in [-0.1, -0.05) is 0 Å². The summed E-state index contributed by atoms with van der Waals surface area (Å²) >= 11 is 0. The minimum absolute atomic E-state index is 0.310. The molecular weight excluding hydrogens is 292 g/mol. The zero-order chi connectivity index (χ0) is 16.0. The molecule has 0 aliphatic carbocycles. The molecule has 0 saturated carbocycles. The van der Waals surface area contributed by atoms with E-state index in [2.05, 4.69) is 25.4 Å². The third kappa shape index (κ3) is 5.72. The summed E-state index contributed by atoms with van der Waals surface area (Å²) in [7, 11) is 0.428. The maximum Gasteiger partial charge on any atom is 0.208 e. The van der Waals surface area contributed by atoms with Crippen molar-refractivity contribution in [2.75, 3.05) is 26.4 Å². The van der Waals surface area contributed by atoms with Crippen LogP contribution in [0.1, 0.15) is 17.0 Å². The number of hydrogen-bond donors (Lipinski definition) is 3. The highest BCUT2D eigenvalue weighted by Gasteiger charge is 2.09. The van der Waals surface area contributed by atoms with Gasteiger partial charge in [-0.3, -0.25) is 9.67 Å². The molecule has 0 spiro atoms. The molecular formula is C12H24N6O2S. The second-order valence-corrected chi connectivity index (χ2v) is 6.63. The Balaban J connectivity index is 2.45. The molecule has 0 radical (unpaired) electrons. The van der Waals surface area contributed by atoms with Crippen LogP contribution in [-0.4, -0.2) is 50.6 Å². The zero-order valence-electron chi connectivity index (χ0n) is 13.2. The second kappa shape index (κ2) is 7.41. The maximum absolute atomic E-state index is 10.9. The van der Waals surface area contributed by atoms with Crippen molar-refractivity contribution in [3.8, 4) is 0 Å². The number of nitrogens with zero attached hydrogens (tertiary/aromatic N) is 3. The molecule has 0 unspecified atom stereocenters. The van der Waals surface area contributed by atoms with Gasteiger partial charge in [0.1, 0.15) is 0 Å². The number of sulfonamides is 1. The third-order valence-corrected chi connectivity index (χ3v) is 3.83. The van der Waals surface area contributed by atoms with Crippen molar-refractivity contribution >= 4 is 16.0 Å². The predicted molar refractivity (Wildman–Crippen MR) is 83.7 cm³/mol. The molecule has 0 aromatic carbocycles. The summed E-state index contributed by atoms with van der Waals surface area (Å²) < 4.78 is 26.1. The standard InChI is InChI=1S/C12H24N6O2S/c1-9-11(10(2)18(4)17-9)8-15-12(13-3)14-6-7-16-21(5,19)20/h16H,6-8H2,1-5H3,(H2,13,14,15). The van der Waals surface area contributed by atoms with Crippen molar-refractivity contribution in [2.45, 2.75) is 20.4 Å². The summed E-state index contributed by atoms with van der Waals surface area (Å²) in [4.78, 5) is 4.09. The van der Waals surface area contributed by atoms with Gasteiger partial charge in [-0.25, -0.2) is 13.1 Å². The van der Waals surface area contributed by atoms with E-state index in [0.717, 1.165) is 23.2 Å². The van der Waals surface area contributed by atoms with E-state index >= 15 is 0 Å². The quantitative estimate of drug-likeness (QED) is 0.364. The van der Waals surface area contributed by atoms with E-state index in [1.165, 1.54) is 0 Å². The first kappa shape index (κ1) is 17.4. The van der Waals surface area contributed by atoms with Gasteiger partial charge in [0, 0.05) is 45.0 Å². The normalized spacial score (nSPS) is 12.5. The molecule has 0 atom stereocenters. The van der Waals surface area contributed by atoms with Crippen molar-refractivity contribution in [3.63, 3.8) is 0 Å². The molecule has 0 fully saturated rings. The van der Waals surface area contributed by atoms with E-state index in [4.69, 9.17) is 0 Å². The molecule has 21 heavy (non-hydrogen) atoms. The van der Waals surface area contributed by atoms with Crippen LogP contribution < -0.4 is 15.4 Å². The van der Waals surface area contributed by atoms with Crippen LogP contribution in [0.2, 0.25) is 0 Å². The van der Waals surface area contributed by atoms with Gasteiger partial charge in [0.05, 0.1) is 11.9 Å². The number of rotatable bonds is 6. The van der Waals surface area contributed by atoms with Gasteiger partial charge in [0.25, 0.3) is 0 Å². The first-order chi connectivity index (χ1) is 9.74. The lowest BCUT2D eigenvalue weighted by Crippen LogP contribution is -2.41. The van der Waals surface area contributed by atoms with E-state index < -0.39 is 10.0 Å². The molecule has 1 aromatic rings. The van der Waals surface area contributed by atoms with Gasteiger partial charge in [0.15, 0.2) is 5.96 Å². The van der Waals surface area contributed by atoms with Crippen LogP contribution in [0.4, 0.5) is 0 Å². The van der Waals surface area contributed by atoms with Crippen molar-refractivity contribution in [1.82, 2.24) is 25.1 Å². The molecule has 3 N–H and O–H groups in total. The monoisotopic (exact) mass is 316 g/mol. The van der Waals surface area contributed by atoms with Crippen LogP contribution >= 0.6 is 0 Å². The SMILES string of the molecule is CN=C(NCCNS(C)(=O)=O)NCc1c(C)nn(C)c1C. The Morgan fingerprint density at radius 2 is 1.95 bits per heavy atom. The van der Waals surface area contributed by atoms with Gasteiger partial charge in [-0.2, -0.15) is 5.10 Å². The summed E-state index contributed by atoms with van der Waals surface area (Å²) in [6.07, 6.45) is 1.13. The number of nitrogens with one attached hydrogen (secondary N) is 3. The zero-order valence-corrected chi connectivity index (χ0v) is 14.0. The summed E-state index contributed by atoms with van der Waals surface area (Å²) in [6.45, 7) is 5.37. The van der Waals surface area contributed by atoms with Gasteiger partial charge < -0.3 is 10.6 Å². The van der Waals surface area contributed by atoms with Gasteiger partial charge in [0.2, 0.25) is 10.0 Å². The van der Waals surface area contributed by atoms with E-state index in [9.17, 15) is 8.42 Å². The number of aromatic nitrogens is 2. The second-order valence-electron chi connectivity index (χ2n) is 4.79. The number of aliphatic imine (C=N–C) groups is 1. The fourth-order valence-electron chi connectivity index (χ4n) is 1.88. The lowest BCUT2D eigenvalue weighted by atomic mass is 10.2. The minimum atomic E-state index is -3.15. The fourth-order valence-corrected chi connectivity index (χ4v) is 2.36. The summed E-state index contributed by atoms with van der Waals surface area (Å²) in [5, 5.41) is 10.6. The highest BCUT2D eigenvalue weighted by molar-refractivity contribution is 7.88. The molecule has 0 aliphatic rings. The molecule has 0 saturated heterocycles. The summed E-state index contributed by atoms with van der Waals surface area (Å²) in [6, 6.07) is 0. The highest BCUT2D eigenvalue weighted by Crippen LogP contribution is 2.10. The molecule has 0 amide bonds. The number of guanidine groups is 1. The van der Waals surface area contributed by atoms with Crippen LogP contribution in [0.5, 0.6) is 0 Å². The highest BCUT2D eigenvalue weighted by atomic mass is 32.2. The lowest BCUT2D eigenvalue weighted by molar-refractivity contribution is 0.586. The van der Waals surface area contributed by atoms with Gasteiger partial charge in [-0.05, 0) is 13.8 Å². The summed E-state index contributed by atoms with van der Waals surface area (Å²) in [5.74, 6) is 0.618. The van der Waals surface area contributed by atoms with Gasteiger partial charge in [-0.15, -0.1) is 0 Å². The van der Waals surface area contributed by atoms with E-state index in [0.29, 0.717) is 25.6 Å². The number of aryl methyl sites for hydroxylation is 2. The Morgan fingerprint density at radius 3 is 2.43 bits per heavy atom. The van der Waals surface area contributed by atoms with E-state index in [1.807, 2.05) is 25.6 Å². The van der Waals surface area contributed by atoms with Crippen molar-refractivity contribution in [3.05, 3.63) is 17.0 Å². The Hall–Kier alpha value is -1.61. The van der Waals surface area contributed by atoms with Crippen molar-refractivity contribution in [2.24, 2.45) is 12.0 Å². The third-order valence-electron chi connectivity index (χ3n) is 3.10. The first-order valence-electron chi connectivity index (χ1n) is 6.63. The summed E-state index contributed by atoms with van der Waals surface area (Å²) in [5.41, 5.74) is 3.22. The molecule has 1 rings (SSSR count). The maximum atomic E-state index is 10.9. The molecule has 1 aromatic heterocycles. The average Bonchev–Trinajstić information content (AvgIpc) is 2.62. The van der Waals surface area contributed by atoms with Crippen LogP contribution in [0, 0.1) is 13.8 Å². The van der Waals surface area contributed by atoms with Crippen LogP contribution in [0.15, 0.2) is 4.99 Å². The van der Waals surface area contributed by atoms with Crippen molar-refractivity contribution in [1.29, 1.82) is 0 Å². The van der Waals surface area contributed by atoms with Crippen molar-refractivity contribution < 1.29 is 8.42 Å². The lowest BCUT2D eigenvalue weighted by Gasteiger charge is -2.12. The van der Waals surface area contributed by atoms with Gasteiger partial charge >= 0.3 is 0 Å². The molecule has 1 heterocycles. The molecule has 0 aliphatic heterocycles. The predicted octanol–water partition coefficient (Wildman–Crippen LogP) is -0.749. The fraction of sp³-hybridized carbons (Fsp3) is 0.667. The molecule has 8 nitrogen and oxygen atoms in total. The average molecular weight is 316 g/mol. The number of hydrogen-bond acceptors (Lipinski definition) is 4. The van der Waals surface area contributed by atoms with Crippen LogP contribution in [0.3, 0.4) is 0 Å². The Kier molecular flexibility index (Phi) is 6.16. The molecule has 120 valence electrons. The molecule has 0 bridgehead atoms. The Labute approximate surface area is 126 Å². The van der Waals surface area contributed by atoms with E-state index in [-0.39, 0.29) is 0 Å².